The van der Waals surface area contributed by atoms with Crippen LogP contribution in [0.5, 0.6) is 5.75 Å². The highest BCUT2D eigenvalue weighted by Gasteiger charge is 2.15. The van der Waals surface area contributed by atoms with Gasteiger partial charge in [0.15, 0.2) is 5.75 Å². The normalized spacial score (nSPS) is 10.2. The Bertz CT molecular complexity index is 568. The Hall–Kier alpha value is -1.64. The highest BCUT2D eigenvalue weighted by Crippen LogP contribution is 2.28. The van der Waals surface area contributed by atoms with Gasteiger partial charge in [0.25, 0.3) is 0 Å². The zero-order valence-electron chi connectivity index (χ0n) is 8.83. The maximum absolute atomic E-state index is 10.7. The van der Waals surface area contributed by atoms with E-state index in [0.29, 0.717) is 0 Å². The summed E-state index contributed by atoms with van der Waals surface area (Å²) >= 11 is 2.14. The van der Waals surface area contributed by atoms with Crippen molar-refractivity contribution < 1.29 is 9.66 Å². The minimum absolute atomic E-state index is 0.0573. The van der Waals surface area contributed by atoms with Gasteiger partial charge in [-0.2, -0.15) is 5.10 Å². The van der Waals surface area contributed by atoms with E-state index in [4.69, 9.17) is 4.74 Å². The summed E-state index contributed by atoms with van der Waals surface area (Å²) in [5.74, 6) is 0.220. The average Bonchev–Trinajstić information content (AvgIpc) is 2.75. The quantitative estimate of drug-likeness (QED) is 0.487. The number of methoxy groups -OCH3 is 1. The Balaban J connectivity index is 2.48. The van der Waals surface area contributed by atoms with Crippen LogP contribution in [-0.2, 0) is 0 Å². The van der Waals surface area contributed by atoms with Gasteiger partial charge in [0, 0.05) is 18.3 Å². The van der Waals surface area contributed by atoms with Crippen molar-refractivity contribution in [3.8, 4) is 11.4 Å². The van der Waals surface area contributed by atoms with E-state index in [2.05, 4.69) is 27.7 Å². The second kappa shape index (κ2) is 4.70. The summed E-state index contributed by atoms with van der Waals surface area (Å²) in [4.78, 5) is 10.3. The molecule has 0 saturated carbocycles. The molecule has 7 heteroatoms. The largest absolute Gasteiger partial charge is 0.490 e. The molecule has 0 unspecified atom stereocenters. The molecular formula is C10H8IN3O3. The predicted molar refractivity (Wildman–Crippen MR) is 69.5 cm³/mol. The highest BCUT2D eigenvalue weighted by molar-refractivity contribution is 14.1. The minimum atomic E-state index is -0.477. The van der Waals surface area contributed by atoms with Crippen LogP contribution < -0.4 is 4.74 Å². The molecule has 0 amide bonds. The van der Waals surface area contributed by atoms with Gasteiger partial charge in [-0.3, -0.25) is 10.1 Å². The van der Waals surface area contributed by atoms with E-state index < -0.39 is 4.92 Å². The lowest BCUT2D eigenvalue weighted by Crippen LogP contribution is -1.98. The van der Waals surface area contributed by atoms with Crippen molar-refractivity contribution in [2.75, 3.05) is 7.11 Å². The molecule has 6 nitrogen and oxygen atoms in total. The van der Waals surface area contributed by atoms with Gasteiger partial charge in [-0.1, -0.05) is 0 Å². The SMILES string of the molecule is COc1cc(-n2cc(I)cn2)ccc1[N+](=O)[O-]. The van der Waals surface area contributed by atoms with Crippen LogP contribution in [-0.4, -0.2) is 21.8 Å². The summed E-state index contributed by atoms with van der Waals surface area (Å²) in [6.45, 7) is 0. The second-order valence-corrected chi connectivity index (χ2v) is 4.46. The van der Waals surface area contributed by atoms with Crippen LogP contribution in [0.1, 0.15) is 0 Å². The van der Waals surface area contributed by atoms with Gasteiger partial charge in [0.05, 0.1) is 27.5 Å². The number of ether oxygens (including phenoxy) is 1. The van der Waals surface area contributed by atoms with E-state index in [-0.39, 0.29) is 11.4 Å². The molecule has 0 aliphatic rings. The third kappa shape index (κ3) is 2.38. The topological polar surface area (TPSA) is 70.2 Å². The molecule has 0 saturated heterocycles. The molecule has 0 atom stereocenters. The lowest BCUT2D eigenvalue weighted by Gasteiger charge is -2.05. The van der Waals surface area contributed by atoms with Gasteiger partial charge >= 0.3 is 5.69 Å². The zero-order chi connectivity index (χ0) is 12.4. The maximum atomic E-state index is 10.7. The summed E-state index contributed by atoms with van der Waals surface area (Å²) in [6, 6.07) is 4.62. The fourth-order valence-corrected chi connectivity index (χ4v) is 1.79. The van der Waals surface area contributed by atoms with E-state index in [1.54, 1.807) is 23.0 Å². The molecule has 88 valence electrons. The Labute approximate surface area is 110 Å². The number of hydrogen-bond acceptors (Lipinski definition) is 4. The van der Waals surface area contributed by atoms with Gasteiger partial charge in [0.1, 0.15) is 0 Å². The molecule has 2 rings (SSSR count). The molecule has 0 N–H and O–H groups in total. The van der Waals surface area contributed by atoms with E-state index in [0.717, 1.165) is 9.26 Å². The third-order valence-corrected chi connectivity index (χ3v) is 2.73. The van der Waals surface area contributed by atoms with Gasteiger partial charge in [-0.05, 0) is 28.7 Å². The molecule has 0 spiro atoms. The Morgan fingerprint density at radius 1 is 1.53 bits per heavy atom. The molecule has 1 aromatic carbocycles. The number of nitro groups is 1. The molecule has 0 aliphatic heterocycles. The molecule has 2 aromatic rings. The number of hydrogen-bond donors (Lipinski definition) is 0. The fourth-order valence-electron chi connectivity index (χ4n) is 1.40. The summed E-state index contributed by atoms with van der Waals surface area (Å²) in [7, 11) is 1.40. The zero-order valence-corrected chi connectivity index (χ0v) is 11.0. The molecule has 0 radical (unpaired) electrons. The first-order valence-electron chi connectivity index (χ1n) is 4.65. The summed E-state index contributed by atoms with van der Waals surface area (Å²) in [5.41, 5.74) is 0.661. The van der Waals surface area contributed by atoms with Crippen molar-refractivity contribution in [2.24, 2.45) is 0 Å². The molecule has 0 aliphatic carbocycles. The number of nitro benzene ring substituents is 1. The third-order valence-electron chi connectivity index (χ3n) is 2.18. The van der Waals surface area contributed by atoms with Crippen molar-refractivity contribution in [3.05, 3.63) is 44.3 Å². The van der Waals surface area contributed by atoms with Gasteiger partial charge in [-0.15, -0.1) is 0 Å². The number of aromatic nitrogens is 2. The Kier molecular flexibility index (Phi) is 3.27. The average molecular weight is 345 g/mol. The lowest BCUT2D eigenvalue weighted by atomic mass is 10.2. The molecule has 1 aromatic heterocycles. The minimum Gasteiger partial charge on any atom is -0.490 e. The molecule has 1 heterocycles. The van der Waals surface area contributed by atoms with E-state index in [1.807, 2.05) is 6.20 Å². The Morgan fingerprint density at radius 3 is 2.82 bits per heavy atom. The highest BCUT2D eigenvalue weighted by atomic mass is 127. The van der Waals surface area contributed by atoms with Crippen LogP contribution >= 0.6 is 22.6 Å². The Morgan fingerprint density at radius 2 is 2.29 bits per heavy atom. The van der Waals surface area contributed by atoms with Crippen molar-refractivity contribution in [1.29, 1.82) is 0 Å². The van der Waals surface area contributed by atoms with Crippen LogP contribution in [0.15, 0.2) is 30.6 Å². The van der Waals surface area contributed by atoms with Crippen LogP contribution in [0.25, 0.3) is 5.69 Å². The molecular weight excluding hydrogens is 337 g/mol. The summed E-state index contributed by atoms with van der Waals surface area (Å²) < 4.78 is 7.61. The lowest BCUT2D eigenvalue weighted by molar-refractivity contribution is -0.385. The molecule has 0 fully saturated rings. The summed E-state index contributed by atoms with van der Waals surface area (Å²) in [5, 5.41) is 14.9. The van der Waals surface area contributed by atoms with Gasteiger partial charge in [-0.25, -0.2) is 4.68 Å². The first kappa shape index (κ1) is 11.8. The van der Waals surface area contributed by atoms with E-state index in [1.165, 1.54) is 13.2 Å². The monoisotopic (exact) mass is 345 g/mol. The van der Waals surface area contributed by atoms with Crippen molar-refractivity contribution in [1.82, 2.24) is 9.78 Å². The van der Waals surface area contributed by atoms with Crippen molar-refractivity contribution >= 4 is 28.3 Å². The number of benzene rings is 1. The van der Waals surface area contributed by atoms with E-state index >= 15 is 0 Å². The molecule has 17 heavy (non-hydrogen) atoms. The number of nitrogens with zero attached hydrogens (tertiary/aromatic N) is 3. The smallest absolute Gasteiger partial charge is 0.311 e. The van der Waals surface area contributed by atoms with Crippen molar-refractivity contribution in [2.45, 2.75) is 0 Å². The van der Waals surface area contributed by atoms with Crippen molar-refractivity contribution in [3.63, 3.8) is 0 Å². The number of halogens is 1. The summed E-state index contributed by atoms with van der Waals surface area (Å²) in [6.07, 6.45) is 3.52. The number of rotatable bonds is 3. The van der Waals surface area contributed by atoms with E-state index in [9.17, 15) is 10.1 Å². The van der Waals surface area contributed by atoms with Crippen LogP contribution in [0.2, 0.25) is 0 Å². The predicted octanol–water partition coefficient (Wildman–Crippen LogP) is 2.39. The van der Waals surface area contributed by atoms with Crippen LogP contribution in [0.3, 0.4) is 0 Å². The second-order valence-electron chi connectivity index (χ2n) is 3.22. The molecule has 0 bridgehead atoms. The van der Waals surface area contributed by atoms with Gasteiger partial charge in [0.2, 0.25) is 0 Å². The standard InChI is InChI=1S/C10H8IN3O3/c1-17-10-4-8(2-3-9(10)14(15)16)13-6-7(11)5-12-13/h2-6H,1H3. The van der Waals surface area contributed by atoms with Gasteiger partial charge < -0.3 is 4.74 Å². The first-order valence-corrected chi connectivity index (χ1v) is 5.72. The fraction of sp³-hybridized carbons (Fsp3) is 0.100. The first-order chi connectivity index (χ1) is 8.11. The van der Waals surface area contributed by atoms with Crippen LogP contribution in [0, 0.1) is 13.7 Å². The van der Waals surface area contributed by atoms with Crippen LogP contribution in [0.4, 0.5) is 5.69 Å². The maximum Gasteiger partial charge on any atom is 0.311 e.